The van der Waals surface area contributed by atoms with Gasteiger partial charge in [0.15, 0.2) is 0 Å². The average Bonchev–Trinajstić information content (AvgIpc) is 3.09. The Morgan fingerprint density at radius 1 is 0.533 bits per heavy atom. The molecule has 2 heterocycles. The van der Waals surface area contributed by atoms with E-state index >= 15 is 0 Å². The summed E-state index contributed by atoms with van der Waals surface area (Å²) in [5, 5.41) is 5.08. The highest BCUT2D eigenvalue weighted by Crippen LogP contribution is 2.53. The predicted octanol–water partition coefficient (Wildman–Crippen LogP) is 11.6. The summed E-state index contributed by atoms with van der Waals surface area (Å²) >= 11 is 0. The molecule has 0 N–H and O–H groups in total. The van der Waals surface area contributed by atoms with E-state index in [1.54, 1.807) is 0 Å². The number of benzene rings is 7. The van der Waals surface area contributed by atoms with Crippen LogP contribution in [0.5, 0.6) is 0 Å². The number of fused-ring (bicyclic) bond motifs is 5. The summed E-state index contributed by atoms with van der Waals surface area (Å²) < 4.78 is 0. The second kappa shape index (κ2) is 10.5. The second-order valence-corrected chi connectivity index (χ2v) is 11.9. The Balaban J connectivity index is 1.23. The van der Waals surface area contributed by atoms with Crippen LogP contribution in [0.4, 0.5) is 22.7 Å². The largest absolute Gasteiger partial charge is 0.309 e. The first-order valence-corrected chi connectivity index (χ1v) is 15.7. The molecule has 0 amide bonds. The van der Waals surface area contributed by atoms with Crippen molar-refractivity contribution >= 4 is 55.6 Å². The molecule has 9 rings (SSSR count). The standard InChI is InChI=1S/C43H30N2/c1-2-11-29(12-3-1)36-19-8-15-31-14-5-7-21-38(31)44-43(36)33-23-26-34(27-24-33)45-39-22-10-17-32-16-9-20-37(41(32)39)42-35-18-6-4-13-30(35)25-28-40(42)45/h1-7,9-14,16-28H,8,15H2/b36-19-,44-43-. The molecule has 0 spiro atoms. The molecular formula is C43H30N2. The van der Waals surface area contributed by atoms with E-state index in [0.717, 1.165) is 35.5 Å². The van der Waals surface area contributed by atoms with Gasteiger partial charge >= 0.3 is 0 Å². The minimum absolute atomic E-state index is 0.972. The lowest BCUT2D eigenvalue weighted by molar-refractivity contribution is 0.999. The highest BCUT2D eigenvalue weighted by molar-refractivity contribution is 6.32. The van der Waals surface area contributed by atoms with Crippen LogP contribution in [-0.4, -0.2) is 5.71 Å². The lowest BCUT2D eigenvalue weighted by Gasteiger charge is -2.34. The van der Waals surface area contributed by atoms with Gasteiger partial charge < -0.3 is 4.90 Å². The first-order chi connectivity index (χ1) is 22.3. The summed E-state index contributed by atoms with van der Waals surface area (Å²) in [5.74, 6) is 0. The quantitative estimate of drug-likeness (QED) is 0.205. The zero-order chi connectivity index (χ0) is 29.7. The zero-order valence-electron chi connectivity index (χ0n) is 24.8. The van der Waals surface area contributed by atoms with Crippen LogP contribution in [0.15, 0.2) is 163 Å². The molecule has 2 nitrogen and oxygen atoms in total. The van der Waals surface area contributed by atoms with Crippen LogP contribution in [0, 0.1) is 0 Å². The maximum Gasteiger partial charge on any atom is 0.0784 e. The highest BCUT2D eigenvalue weighted by atomic mass is 15.2. The van der Waals surface area contributed by atoms with E-state index in [1.807, 2.05) is 0 Å². The number of nitrogens with zero attached hydrogens (tertiary/aromatic N) is 2. The molecule has 45 heavy (non-hydrogen) atoms. The Morgan fingerprint density at radius 2 is 1.29 bits per heavy atom. The molecule has 0 unspecified atom stereocenters. The van der Waals surface area contributed by atoms with Gasteiger partial charge in [-0.1, -0.05) is 127 Å². The van der Waals surface area contributed by atoms with E-state index < -0.39 is 0 Å². The highest BCUT2D eigenvalue weighted by Gasteiger charge is 2.27. The topological polar surface area (TPSA) is 15.6 Å². The minimum Gasteiger partial charge on any atom is -0.309 e. The average molecular weight is 575 g/mol. The molecule has 0 aliphatic carbocycles. The molecule has 2 aliphatic heterocycles. The van der Waals surface area contributed by atoms with Gasteiger partial charge in [0.1, 0.15) is 0 Å². The SMILES string of the molecule is C1=C(c2ccccc2)\C(c2ccc(N3c4ccc5ccccc5c4-c4cccc5cccc3c45)cc2)=N/c2ccccc2CC/1. The van der Waals surface area contributed by atoms with Crippen molar-refractivity contribution < 1.29 is 0 Å². The van der Waals surface area contributed by atoms with E-state index in [0.29, 0.717) is 0 Å². The summed E-state index contributed by atoms with van der Waals surface area (Å²) in [5.41, 5.74) is 13.0. The van der Waals surface area contributed by atoms with Crippen molar-refractivity contribution in [2.45, 2.75) is 12.8 Å². The fourth-order valence-electron chi connectivity index (χ4n) is 7.19. The van der Waals surface area contributed by atoms with E-state index in [4.69, 9.17) is 4.99 Å². The first kappa shape index (κ1) is 25.7. The van der Waals surface area contributed by atoms with E-state index in [9.17, 15) is 0 Å². The van der Waals surface area contributed by atoms with Crippen molar-refractivity contribution in [2.24, 2.45) is 4.99 Å². The third-order valence-electron chi connectivity index (χ3n) is 9.27. The Morgan fingerprint density at radius 3 is 2.18 bits per heavy atom. The molecule has 0 radical (unpaired) electrons. The summed E-state index contributed by atoms with van der Waals surface area (Å²) in [4.78, 5) is 7.77. The van der Waals surface area contributed by atoms with E-state index in [-0.39, 0.29) is 0 Å². The molecule has 2 aliphatic rings. The zero-order valence-corrected chi connectivity index (χ0v) is 24.8. The molecule has 0 bridgehead atoms. The molecule has 212 valence electrons. The van der Waals surface area contributed by atoms with Gasteiger partial charge in [0.05, 0.1) is 22.8 Å². The molecule has 0 saturated heterocycles. The Labute approximate surface area is 263 Å². The van der Waals surface area contributed by atoms with E-state index in [1.165, 1.54) is 60.7 Å². The smallest absolute Gasteiger partial charge is 0.0784 e. The Hall–Kier alpha value is -5.73. The van der Waals surface area contributed by atoms with Crippen molar-refractivity contribution in [1.29, 1.82) is 0 Å². The van der Waals surface area contributed by atoms with Gasteiger partial charge in [-0.2, -0.15) is 0 Å². The van der Waals surface area contributed by atoms with Gasteiger partial charge in [0.2, 0.25) is 0 Å². The molecule has 2 heteroatoms. The van der Waals surface area contributed by atoms with Crippen LogP contribution >= 0.6 is 0 Å². The van der Waals surface area contributed by atoms with Gasteiger partial charge in [-0.05, 0) is 76.0 Å². The monoisotopic (exact) mass is 574 g/mol. The van der Waals surface area contributed by atoms with Crippen LogP contribution in [-0.2, 0) is 6.42 Å². The van der Waals surface area contributed by atoms with Gasteiger partial charge in [0.25, 0.3) is 0 Å². The minimum atomic E-state index is 0.972. The van der Waals surface area contributed by atoms with Crippen molar-refractivity contribution in [1.82, 2.24) is 0 Å². The van der Waals surface area contributed by atoms with Crippen LogP contribution in [0.1, 0.15) is 23.1 Å². The summed E-state index contributed by atoms with van der Waals surface area (Å²) in [6, 6.07) is 54.9. The number of allylic oxidation sites excluding steroid dienone is 2. The molecule has 0 saturated carbocycles. The summed E-state index contributed by atoms with van der Waals surface area (Å²) in [6.45, 7) is 0. The lowest BCUT2D eigenvalue weighted by Crippen LogP contribution is -2.15. The van der Waals surface area contributed by atoms with Crippen LogP contribution in [0.3, 0.4) is 0 Å². The Kier molecular flexibility index (Phi) is 5.99. The maximum absolute atomic E-state index is 5.34. The number of anilines is 3. The van der Waals surface area contributed by atoms with Crippen LogP contribution in [0.25, 0.3) is 38.2 Å². The van der Waals surface area contributed by atoms with Gasteiger partial charge in [-0.25, -0.2) is 4.99 Å². The van der Waals surface area contributed by atoms with Crippen LogP contribution < -0.4 is 4.90 Å². The van der Waals surface area contributed by atoms with Gasteiger partial charge in [0, 0.05) is 27.8 Å². The Bertz CT molecular complexity index is 2300. The van der Waals surface area contributed by atoms with Gasteiger partial charge in [-0.15, -0.1) is 0 Å². The van der Waals surface area contributed by atoms with Crippen LogP contribution in [0.2, 0.25) is 0 Å². The van der Waals surface area contributed by atoms with Crippen molar-refractivity contribution in [3.8, 4) is 11.1 Å². The van der Waals surface area contributed by atoms with Crippen molar-refractivity contribution in [3.05, 3.63) is 174 Å². The third kappa shape index (κ3) is 4.22. The molecule has 7 aromatic rings. The number of rotatable bonds is 3. The number of aryl methyl sites for hydroxylation is 1. The number of hydrogen-bond acceptors (Lipinski definition) is 2. The second-order valence-electron chi connectivity index (χ2n) is 11.9. The fourth-order valence-corrected chi connectivity index (χ4v) is 7.19. The summed E-state index contributed by atoms with van der Waals surface area (Å²) in [6.07, 6.45) is 4.32. The molecule has 0 fully saturated rings. The maximum atomic E-state index is 5.34. The number of para-hydroxylation sites is 1. The lowest BCUT2D eigenvalue weighted by atomic mass is 9.87. The first-order valence-electron chi connectivity index (χ1n) is 15.7. The van der Waals surface area contributed by atoms with Crippen molar-refractivity contribution in [2.75, 3.05) is 4.90 Å². The predicted molar refractivity (Wildman–Crippen MR) is 191 cm³/mol. The number of aliphatic imine (C=N–C) groups is 1. The van der Waals surface area contributed by atoms with Gasteiger partial charge in [-0.3, -0.25) is 0 Å². The molecular weight excluding hydrogens is 544 g/mol. The molecule has 0 aromatic heterocycles. The molecule has 0 atom stereocenters. The molecule has 7 aromatic carbocycles. The summed E-state index contributed by atoms with van der Waals surface area (Å²) in [7, 11) is 0. The third-order valence-corrected chi connectivity index (χ3v) is 9.27. The number of hydrogen-bond donors (Lipinski definition) is 0. The fraction of sp³-hybridized carbons (Fsp3) is 0.0465. The van der Waals surface area contributed by atoms with E-state index in [2.05, 4.69) is 163 Å². The van der Waals surface area contributed by atoms with Crippen molar-refractivity contribution in [3.63, 3.8) is 0 Å². The normalized spacial score (nSPS) is 16.1.